The van der Waals surface area contributed by atoms with Gasteiger partial charge in [0.1, 0.15) is 5.75 Å². The first-order valence-electron chi connectivity index (χ1n) is 6.72. The second-order valence-corrected chi connectivity index (χ2v) is 4.55. The van der Waals surface area contributed by atoms with E-state index < -0.39 is 0 Å². The second-order valence-electron chi connectivity index (χ2n) is 4.55. The van der Waals surface area contributed by atoms with Crippen LogP contribution in [0.15, 0.2) is 24.3 Å². The van der Waals surface area contributed by atoms with Crippen molar-refractivity contribution in [3.05, 3.63) is 29.8 Å². The SMILES string of the molecule is CCCOCCC(N)CCc1ccc(OC)cc1. The monoisotopic (exact) mass is 251 g/mol. The fraction of sp³-hybridized carbons (Fsp3) is 0.600. The topological polar surface area (TPSA) is 44.5 Å². The fourth-order valence-corrected chi connectivity index (χ4v) is 1.77. The average Bonchev–Trinajstić information content (AvgIpc) is 2.42. The molecule has 1 unspecified atom stereocenters. The summed E-state index contributed by atoms with van der Waals surface area (Å²) in [4.78, 5) is 0. The van der Waals surface area contributed by atoms with Gasteiger partial charge in [0, 0.05) is 19.3 Å². The molecule has 0 aromatic heterocycles. The van der Waals surface area contributed by atoms with Gasteiger partial charge in [0.05, 0.1) is 7.11 Å². The van der Waals surface area contributed by atoms with Crippen molar-refractivity contribution in [2.24, 2.45) is 5.73 Å². The Morgan fingerprint density at radius 2 is 1.83 bits per heavy atom. The Balaban J connectivity index is 2.18. The molecule has 2 N–H and O–H groups in total. The molecule has 0 amide bonds. The maximum atomic E-state index is 6.06. The molecule has 0 radical (unpaired) electrons. The second kappa shape index (κ2) is 8.95. The first-order chi connectivity index (χ1) is 8.76. The summed E-state index contributed by atoms with van der Waals surface area (Å²) in [5.74, 6) is 0.899. The molecule has 0 bridgehead atoms. The number of benzene rings is 1. The lowest BCUT2D eigenvalue weighted by atomic mass is 10.0. The van der Waals surface area contributed by atoms with Gasteiger partial charge >= 0.3 is 0 Å². The molecule has 0 aliphatic rings. The smallest absolute Gasteiger partial charge is 0.118 e. The highest BCUT2D eigenvalue weighted by Gasteiger charge is 2.03. The van der Waals surface area contributed by atoms with E-state index in [-0.39, 0.29) is 6.04 Å². The van der Waals surface area contributed by atoms with Crippen LogP contribution < -0.4 is 10.5 Å². The fourth-order valence-electron chi connectivity index (χ4n) is 1.77. The molecule has 3 heteroatoms. The van der Waals surface area contributed by atoms with Crippen molar-refractivity contribution >= 4 is 0 Å². The molecule has 18 heavy (non-hydrogen) atoms. The maximum absolute atomic E-state index is 6.06. The van der Waals surface area contributed by atoms with Crippen LogP contribution in [-0.4, -0.2) is 26.4 Å². The molecular formula is C15H25NO2. The molecule has 0 aliphatic heterocycles. The number of rotatable bonds is 9. The van der Waals surface area contributed by atoms with Crippen LogP contribution in [0.25, 0.3) is 0 Å². The van der Waals surface area contributed by atoms with Crippen molar-refractivity contribution in [3.63, 3.8) is 0 Å². The summed E-state index contributed by atoms with van der Waals surface area (Å²) in [6.45, 7) is 3.73. The number of methoxy groups -OCH3 is 1. The molecule has 0 heterocycles. The van der Waals surface area contributed by atoms with E-state index in [9.17, 15) is 0 Å². The van der Waals surface area contributed by atoms with Crippen LogP contribution in [0, 0.1) is 0 Å². The van der Waals surface area contributed by atoms with Crippen LogP contribution in [0.1, 0.15) is 31.7 Å². The zero-order valence-corrected chi connectivity index (χ0v) is 11.5. The quantitative estimate of drug-likeness (QED) is 0.686. The summed E-state index contributed by atoms with van der Waals surface area (Å²) in [6.07, 6.45) is 4.03. The molecule has 0 saturated heterocycles. The average molecular weight is 251 g/mol. The molecule has 0 saturated carbocycles. The van der Waals surface area contributed by atoms with Gasteiger partial charge in [-0.1, -0.05) is 19.1 Å². The Morgan fingerprint density at radius 1 is 1.11 bits per heavy atom. The summed E-state index contributed by atoms with van der Waals surface area (Å²) in [5.41, 5.74) is 7.36. The van der Waals surface area contributed by atoms with E-state index in [0.29, 0.717) is 0 Å². The van der Waals surface area contributed by atoms with Gasteiger partial charge in [-0.15, -0.1) is 0 Å². The molecule has 1 aromatic rings. The Labute approximate surface area is 110 Å². The van der Waals surface area contributed by atoms with Gasteiger partial charge in [0.15, 0.2) is 0 Å². The van der Waals surface area contributed by atoms with Gasteiger partial charge in [0.2, 0.25) is 0 Å². The first kappa shape index (κ1) is 15.0. The number of hydrogen-bond donors (Lipinski definition) is 1. The Bertz CT molecular complexity index is 311. The van der Waals surface area contributed by atoms with E-state index in [0.717, 1.165) is 44.6 Å². The van der Waals surface area contributed by atoms with Crippen LogP contribution in [0.5, 0.6) is 5.75 Å². The third kappa shape index (κ3) is 6.03. The molecule has 3 nitrogen and oxygen atoms in total. The van der Waals surface area contributed by atoms with Crippen LogP contribution in [-0.2, 0) is 11.2 Å². The summed E-state index contributed by atoms with van der Waals surface area (Å²) in [5, 5.41) is 0. The number of nitrogens with two attached hydrogens (primary N) is 1. The normalized spacial score (nSPS) is 12.4. The Morgan fingerprint density at radius 3 is 2.44 bits per heavy atom. The summed E-state index contributed by atoms with van der Waals surface area (Å²) >= 11 is 0. The lowest BCUT2D eigenvalue weighted by Crippen LogP contribution is -2.22. The van der Waals surface area contributed by atoms with Crippen molar-refractivity contribution in [1.82, 2.24) is 0 Å². The Kier molecular flexibility index (Phi) is 7.46. The highest BCUT2D eigenvalue weighted by molar-refractivity contribution is 5.27. The van der Waals surface area contributed by atoms with Crippen molar-refractivity contribution in [3.8, 4) is 5.75 Å². The van der Waals surface area contributed by atoms with E-state index in [4.69, 9.17) is 15.2 Å². The minimum Gasteiger partial charge on any atom is -0.497 e. The van der Waals surface area contributed by atoms with E-state index in [1.165, 1.54) is 5.56 Å². The standard InChI is InChI=1S/C15H25NO2/c1-3-11-18-12-10-14(16)7-4-13-5-8-15(17-2)9-6-13/h5-6,8-9,14H,3-4,7,10-12,16H2,1-2H3. The van der Waals surface area contributed by atoms with Crippen molar-refractivity contribution in [2.45, 2.75) is 38.6 Å². The highest BCUT2D eigenvalue weighted by Crippen LogP contribution is 2.13. The van der Waals surface area contributed by atoms with Crippen molar-refractivity contribution in [2.75, 3.05) is 20.3 Å². The minimum absolute atomic E-state index is 0.226. The predicted octanol–water partition coefficient (Wildman–Crippen LogP) is 2.77. The van der Waals surface area contributed by atoms with Crippen LogP contribution >= 0.6 is 0 Å². The maximum Gasteiger partial charge on any atom is 0.118 e. The third-order valence-electron chi connectivity index (χ3n) is 2.94. The van der Waals surface area contributed by atoms with E-state index in [1.54, 1.807) is 7.11 Å². The summed E-state index contributed by atoms with van der Waals surface area (Å²) in [6, 6.07) is 8.40. The number of aryl methyl sites for hydroxylation is 1. The van der Waals surface area contributed by atoms with E-state index in [1.807, 2.05) is 12.1 Å². The van der Waals surface area contributed by atoms with Crippen LogP contribution in [0.4, 0.5) is 0 Å². The zero-order chi connectivity index (χ0) is 13.2. The van der Waals surface area contributed by atoms with Gasteiger partial charge in [0.25, 0.3) is 0 Å². The van der Waals surface area contributed by atoms with Gasteiger partial charge in [-0.05, 0) is 43.4 Å². The summed E-state index contributed by atoms with van der Waals surface area (Å²) in [7, 11) is 1.68. The van der Waals surface area contributed by atoms with Gasteiger partial charge in [-0.3, -0.25) is 0 Å². The zero-order valence-electron chi connectivity index (χ0n) is 11.5. The van der Waals surface area contributed by atoms with Gasteiger partial charge in [-0.25, -0.2) is 0 Å². The molecular weight excluding hydrogens is 226 g/mol. The van der Waals surface area contributed by atoms with Gasteiger partial charge < -0.3 is 15.2 Å². The van der Waals surface area contributed by atoms with E-state index >= 15 is 0 Å². The molecule has 0 fully saturated rings. The Hall–Kier alpha value is -1.06. The number of hydrogen-bond acceptors (Lipinski definition) is 3. The molecule has 0 aliphatic carbocycles. The minimum atomic E-state index is 0.226. The van der Waals surface area contributed by atoms with E-state index in [2.05, 4.69) is 19.1 Å². The molecule has 1 rings (SSSR count). The molecule has 102 valence electrons. The first-order valence-corrected chi connectivity index (χ1v) is 6.72. The lowest BCUT2D eigenvalue weighted by molar-refractivity contribution is 0.127. The van der Waals surface area contributed by atoms with Crippen LogP contribution in [0.2, 0.25) is 0 Å². The van der Waals surface area contributed by atoms with Gasteiger partial charge in [-0.2, -0.15) is 0 Å². The molecule has 1 aromatic carbocycles. The van der Waals surface area contributed by atoms with Crippen molar-refractivity contribution < 1.29 is 9.47 Å². The third-order valence-corrected chi connectivity index (χ3v) is 2.94. The number of ether oxygens (including phenoxy) is 2. The summed E-state index contributed by atoms with van der Waals surface area (Å²) < 4.78 is 10.6. The highest BCUT2D eigenvalue weighted by atomic mass is 16.5. The lowest BCUT2D eigenvalue weighted by Gasteiger charge is -2.11. The largest absolute Gasteiger partial charge is 0.497 e. The molecule has 1 atom stereocenters. The van der Waals surface area contributed by atoms with Crippen LogP contribution in [0.3, 0.4) is 0 Å². The van der Waals surface area contributed by atoms with Crippen molar-refractivity contribution in [1.29, 1.82) is 0 Å². The predicted molar refractivity (Wildman–Crippen MR) is 75.0 cm³/mol. The molecule has 0 spiro atoms.